The third kappa shape index (κ3) is 10.2. The highest BCUT2D eigenvalue weighted by atomic mass is 16.5. The van der Waals surface area contributed by atoms with E-state index in [-0.39, 0.29) is 5.75 Å². The first-order valence-corrected chi connectivity index (χ1v) is 21.0. The lowest BCUT2D eigenvalue weighted by Gasteiger charge is -2.17. The Bertz CT molecular complexity index is 3060. The van der Waals surface area contributed by atoms with Gasteiger partial charge in [-0.15, -0.1) is 0 Å². The first-order valence-electron chi connectivity index (χ1n) is 21.0. The number of carbonyl (C=O) groups is 4. The zero-order valence-electron chi connectivity index (χ0n) is 35.4. The highest BCUT2D eigenvalue weighted by Crippen LogP contribution is 2.38. The summed E-state index contributed by atoms with van der Waals surface area (Å²) in [6.45, 7) is 0. The van der Waals surface area contributed by atoms with Crippen molar-refractivity contribution in [3.63, 3.8) is 0 Å². The van der Waals surface area contributed by atoms with Gasteiger partial charge in [-0.2, -0.15) is 0 Å². The Balaban J connectivity index is 1.25. The van der Waals surface area contributed by atoms with E-state index < -0.39 is 48.3 Å². The van der Waals surface area contributed by atoms with Gasteiger partial charge in [0, 0.05) is 24.3 Å². The molecule has 68 heavy (non-hydrogen) atoms. The molecule has 9 rings (SSSR count). The molecule has 8 bridgehead atoms. The average molecular weight is 911 g/mol. The van der Waals surface area contributed by atoms with Crippen LogP contribution in [0, 0.1) is 0 Å². The van der Waals surface area contributed by atoms with Crippen molar-refractivity contribution < 1.29 is 58.6 Å². The Morgan fingerprint density at radius 3 is 0.882 bits per heavy atom. The fraction of sp³-hybridized carbons (Fsp3) is 0.0769. The van der Waals surface area contributed by atoms with E-state index in [1.54, 1.807) is 134 Å². The van der Waals surface area contributed by atoms with Crippen LogP contribution in [0.2, 0.25) is 0 Å². The number of aliphatic carboxylic acids is 4. The van der Waals surface area contributed by atoms with Gasteiger partial charge in [-0.1, -0.05) is 48.6 Å². The predicted molar refractivity (Wildman–Crippen MR) is 253 cm³/mol. The van der Waals surface area contributed by atoms with Crippen LogP contribution >= 0.6 is 0 Å². The number of allylic oxidation sites excluding steroid dienone is 12. The number of H-pyrrole nitrogens is 2. The van der Waals surface area contributed by atoms with Gasteiger partial charge in [-0.3, -0.25) is 0 Å². The van der Waals surface area contributed by atoms with E-state index in [2.05, 4.69) is 9.97 Å². The number of fused-ring (bicyclic) bond motifs is 8. The van der Waals surface area contributed by atoms with Crippen LogP contribution in [0.1, 0.15) is 22.8 Å². The number of nitrogens with one attached hydrogen (secondary N) is 2. The normalized spacial score (nSPS) is 19.5. The molecule has 3 aromatic heterocycles. The standard InChI is InChI=1S/C52H38N4O12/c57-45(58)25-29-1-9-33(10-2-29)65-49-37-17-19-39(53-37)50(66-34-11-3-30(4-12-34)26-46(59)60)41-21-23-43(55-41)52(68-36-15-7-32(8-16-36)28-48(63)64)44-24-22-42(56-44)51(40-20-18-38(49)54-40)67-35-13-5-31(6-14-35)27-47(61)62/h1-28,33-36,53-54H,(H,57,58)(H,59,60)(H,61,62)(H,63,64). The molecule has 16 nitrogen and oxygen atoms in total. The fourth-order valence-electron chi connectivity index (χ4n) is 7.54. The molecular formula is C52H38N4O12. The Kier molecular flexibility index (Phi) is 12.2. The maximum atomic E-state index is 11.4. The average Bonchev–Trinajstić information content (AvgIpc) is 4.16. The molecule has 6 aliphatic rings. The molecule has 4 aliphatic carbocycles. The molecule has 0 aromatic carbocycles. The van der Waals surface area contributed by atoms with E-state index in [0.717, 1.165) is 24.3 Å². The smallest absolute Gasteiger partial charge is 0.328 e. The number of hydrogen-bond acceptors (Lipinski definition) is 10. The number of rotatable bonds is 12. The molecule has 0 spiro atoms. The lowest BCUT2D eigenvalue weighted by Crippen LogP contribution is -2.14. The van der Waals surface area contributed by atoms with Crippen molar-refractivity contribution in [2.45, 2.75) is 24.4 Å². The first kappa shape index (κ1) is 43.8. The van der Waals surface area contributed by atoms with Crippen molar-refractivity contribution in [1.29, 1.82) is 0 Å². The summed E-state index contributed by atoms with van der Waals surface area (Å²) >= 11 is 0. The minimum Gasteiger partial charge on any atom is -0.478 e. The second-order valence-corrected chi connectivity index (χ2v) is 15.5. The molecule has 0 radical (unpaired) electrons. The molecular weight excluding hydrogens is 873 g/mol. The second kappa shape index (κ2) is 19.0. The van der Waals surface area contributed by atoms with Gasteiger partial charge < -0.3 is 49.3 Å². The van der Waals surface area contributed by atoms with Crippen LogP contribution in [0.25, 0.3) is 46.4 Å². The van der Waals surface area contributed by atoms with E-state index in [4.69, 9.17) is 28.9 Å². The summed E-state index contributed by atoms with van der Waals surface area (Å²) < 4.78 is 26.6. The van der Waals surface area contributed by atoms with Gasteiger partial charge in [0.15, 0.2) is 23.0 Å². The fourth-order valence-corrected chi connectivity index (χ4v) is 7.54. The molecule has 0 saturated heterocycles. The lowest BCUT2D eigenvalue weighted by atomic mass is 10.1. The Labute approximate surface area is 385 Å². The molecule has 2 aliphatic heterocycles. The third-order valence-corrected chi connectivity index (χ3v) is 10.6. The van der Waals surface area contributed by atoms with Crippen LogP contribution in [0.3, 0.4) is 0 Å². The van der Waals surface area contributed by atoms with E-state index >= 15 is 0 Å². The van der Waals surface area contributed by atoms with Crippen LogP contribution in [0.4, 0.5) is 0 Å². The zero-order valence-corrected chi connectivity index (χ0v) is 35.4. The SMILES string of the molecule is O=C(O)C=C1C=CC(Oc2c3nc(c(OC4C=CC(=CC(=O)O)C=C4)c4ccc([nH]4)c(OC4C=CC(=CC(=O)O)C=C4)c4ccc([nH]4)c(OC4C=CC(=CC(=O)O)C=C4)c4nc2C=C4)C=C3)C=C1. The van der Waals surface area contributed by atoms with Crippen LogP contribution in [0.15, 0.2) is 168 Å². The van der Waals surface area contributed by atoms with Crippen LogP contribution in [-0.2, 0) is 19.2 Å². The molecule has 16 heteroatoms. The summed E-state index contributed by atoms with van der Waals surface area (Å²) in [4.78, 5) is 62.5. The molecule has 3 aromatic rings. The zero-order chi connectivity index (χ0) is 47.3. The van der Waals surface area contributed by atoms with E-state index in [0.29, 0.717) is 84.4 Å². The molecule has 338 valence electrons. The predicted octanol–water partition coefficient (Wildman–Crippen LogP) is 8.19. The van der Waals surface area contributed by atoms with E-state index in [1.165, 1.54) is 0 Å². The number of aromatic nitrogens is 4. The van der Waals surface area contributed by atoms with Gasteiger partial charge >= 0.3 is 23.9 Å². The highest BCUT2D eigenvalue weighted by molar-refractivity contribution is 5.88. The lowest BCUT2D eigenvalue weighted by molar-refractivity contribution is -0.132. The largest absolute Gasteiger partial charge is 0.478 e. The molecule has 0 unspecified atom stereocenters. The van der Waals surface area contributed by atoms with Crippen LogP contribution in [-0.4, -0.2) is 88.7 Å². The van der Waals surface area contributed by atoms with Crippen LogP contribution < -0.4 is 18.9 Å². The molecule has 0 amide bonds. The van der Waals surface area contributed by atoms with Crippen molar-refractivity contribution in [2.24, 2.45) is 0 Å². The van der Waals surface area contributed by atoms with Gasteiger partial charge in [0.25, 0.3) is 0 Å². The van der Waals surface area contributed by atoms with Crippen molar-refractivity contribution in [3.8, 4) is 23.0 Å². The monoisotopic (exact) mass is 910 g/mol. The van der Waals surface area contributed by atoms with Gasteiger partial charge in [0.1, 0.15) is 47.2 Å². The minimum atomic E-state index is -1.09. The second-order valence-electron chi connectivity index (χ2n) is 15.5. The molecule has 0 fully saturated rings. The molecule has 0 atom stereocenters. The highest BCUT2D eigenvalue weighted by Gasteiger charge is 2.23. The van der Waals surface area contributed by atoms with Crippen molar-refractivity contribution in [1.82, 2.24) is 19.9 Å². The summed E-state index contributed by atoms with van der Waals surface area (Å²) in [5.41, 5.74) is 5.46. The molecule has 6 N–H and O–H groups in total. The summed E-state index contributed by atoms with van der Waals surface area (Å²) in [7, 11) is 0. The summed E-state index contributed by atoms with van der Waals surface area (Å²) in [6.07, 6.45) is 35.7. The van der Waals surface area contributed by atoms with Gasteiger partial charge in [-0.25, -0.2) is 29.1 Å². The summed E-state index contributed by atoms with van der Waals surface area (Å²) in [5.74, 6) is -3.06. The topological polar surface area (TPSA) is 243 Å². The third-order valence-electron chi connectivity index (χ3n) is 10.6. The van der Waals surface area contributed by atoms with Crippen molar-refractivity contribution in [3.05, 3.63) is 191 Å². The van der Waals surface area contributed by atoms with E-state index in [1.807, 2.05) is 12.1 Å². The van der Waals surface area contributed by atoms with Gasteiger partial charge in [-0.05, 0) is 119 Å². The summed E-state index contributed by atoms with van der Waals surface area (Å²) in [6, 6.07) is 7.23. The molecule has 5 heterocycles. The van der Waals surface area contributed by atoms with Gasteiger partial charge in [0.2, 0.25) is 0 Å². The van der Waals surface area contributed by atoms with Crippen molar-refractivity contribution >= 4 is 70.2 Å². The minimum absolute atomic E-state index is 0.276. The van der Waals surface area contributed by atoms with Crippen LogP contribution in [0.5, 0.6) is 23.0 Å². The maximum absolute atomic E-state index is 11.4. The van der Waals surface area contributed by atoms with Gasteiger partial charge in [0.05, 0.1) is 22.1 Å². The number of aromatic amines is 2. The molecule has 0 saturated carbocycles. The number of carboxylic acids is 4. The number of carboxylic acid groups (broad SMARTS) is 4. The van der Waals surface area contributed by atoms with Crippen molar-refractivity contribution in [2.75, 3.05) is 0 Å². The maximum Gasteiger partial charge on any atom is 0.328 e. The number of nitrogens with zero attached hydrogens (tertiary/aromatic N) is 2. The first-order chi connectivity index (χ1) is 32.9. The van der Waals surface area contributed by atoms with E-state index in [9.17, 15) is 39.6 Å². The Morgan fingerprint density at radius 1 is 0.368 bits per heavy atom. The Hall–Kier alpha value is -9.44. The quantitative estimate of drug-likeness (QED) is 0.0647. The number of hydrogen-bond donors (Lipinski definition) is 6. The summed E-state index contributed by atoms with van der Waals surface area (Å²) in [5, 5.41) is 37.2. The number of ether oxygens (including phenoxy) is 4. The Morgan fingerprint density at radius 2 is 0.603 bits per heavy atom.